The lowest BCUT2D eigenvalue weighted by atomic mass is 9.88. The molecule has 82 valence electrons. The van der Waals surface area contributed by atoms with Gasteiger partial charge in [-0.15, -0.1) is 0 Å². The Kier molecular flexibility index (Phi) is 3.38. The number of hydrogen-bond acceptors (Lipinski definition) is 2. The monoisotopic (exact) mass is 198 g/mol. The van der Waals surface area contributed by atoms with Crippen molar-refractivity contribution in [1.29, 1.82) is 0 Å². The van der Waals surface area contributed by atoms with Crippen LogP contribution in [0.1, 0.15) is 34.6 Å². The van der Waals surface area contributed by atoms with E-state index in [0.29, 0.717) is 11.8 Å². The van der Waals surface area contributed by atoms with Gasteiger partial charge in [0.2, 0.25) is 0 Å². The zero-order valence-electron chi connectivity index (χ0n) is 9.96. The van der Waals surface area contributed by atoms with Gasteiger partial charge in [-0.05, 0) is 20.8 Å². The van der Waals surface area contributed by atoms with Crippen molar-refractivity contribution in [3.05, 3.63) is 12.2 Å². The van der Waals surface area contributed by atoms with E-state index in [9.17, 15) is 0 Å². The molecule has 0 spiro atoms. The van der Waals surface area contributed by atoms with Gasteiger partial charge in [0.25, 0.3) is 0 Å². The Hall–Kier alpha value is -0.340. The fourth-order valence-corrected chi connectivity index (χ4v) is 1.78. The summed E-state index contributed by atoms with van der Waals surface area (Å²) in [6.45, 7) is 15.1. The maximum atomic E-state index is 5.93. The van der Waals surface area contributed by atoms with Crippen LogP contribution in [0.5, 0.6) is 0 Å². The largest absolute Gasteiger partial charge is 0.350 e. The summed E-state index contributed by atoms with van der Waals surface area (Å²) in [5.74, 6) is 0.392. The first-order valence-electron chi connectivity index (χ1n) is 5.30. The Balaban J connectivity index is 2.70. The first kappa shape index (κ1) is 11.7. The average Bonchev–Trinajstić information content (AvgIpc) is 2.08. The molecular formula is C12H22O2. The van der Waals surface area contributed by atoms with Crippen LogP contribution < -0.4 is 0 Å². The van der Waals surface area contributed by atoms with Gasteiger partial charge in [-0.1, -0.05) is 26.0 Å². The Morgan fingerprint density at radius 2 is 2.07 bits per heavy atom. The molecule has 0 amide bonds. The van der Waals surface area contributed by atoms with Crippen LogP contribution in [0, 0.1) is 11.8 Å². The van der Waals surface area contributed by atoms with E-state index >= 15 is 0 Å². The van der Waals surface area contributed by atoms with Crippen molar-refractivity contribution in [2.45, 2.75) is 46.5 Å². The lowest BCUT2D eigenvalue weighted by molar-refractivity contribution is -0.297. The van der Waals surface area contributed by atoms with Crippen molar-refractivity contribution >= 4 is 0 Å². The van der Waals surface area contributed by atoms with E-state index in [2.05, 4.69) is 27.4 Å². The van der Waals surface area contributed by atoms with Crippen molar-refractivity contribution < 1.29 is 9.47 Å². The highest BCUT2D eigenvalue weighted by molar-refractivity contribution is 4.99. The third-order valence-corrected chi connectivity index (χ3v) is 2.94. The van der Waals surface area contributed by atoms with Gasteiger partial charge >= 0.3 is 0 Å². The average molecular weight is 198 g/mol. The van der Waals surface area contributed by atoms with E-state index in [-0.39, 0.29) is 6.10 Å². The highest BCUT2D eigenvalue weighted by Crippen LogP contribution is 2.32. The van der Waals surface area contributed by atoms with Crippen LogP contribution in [0.15, 0.2) is 12.2 Å². The van der Waals surface area contributed by atoms with E-state index in [0.717, 1.165) is 6.61 Å². The van der Waals surface area contributed by atoms with Crippen LogP contribution in [0.25, 0.3) is 0 Å². The summed E-state index contributed by atoms with van der Waals surface area (Å²) in [6.07, 6.45) is 0.233. The van der Waals surface area contributed by atoms with Crippen LogP contribution >= 0.6 is 0 Å². The maximum Gasteiger partial charge on any atom is 0.163 e. The standard InChI is InChI=1S/C12H22O2/c1-8(2)10(4)11-9(3)7-13-12(5,6)14-11/h9-11H,1,7H2,2-6H3/t9-,10+,11+/m1/s1. The van der Waals surface area contributed by atoms with Crippen LogP contribution in [-0.2, 0) is 9.47 Å². The summed E-state index contributed by atoms with van der Waals surface area (Å²) in [6, 6.07) is 0. The molecule has 0 aromatic carbocycles. The minimum Gasteiger partial charge on any atom is -0.350 e. The summed E-state index contributed by atoms with van der Waals surface area (Å²) in [7, 11) is 0. The molecule has 0 aromatic heterocycles. The van der Waals surface area contributed by atoms with Crippen molar-refractivity contribution in [3.8, 4) is 0 Å². The van der Waals surface area contributed by atoms with Crippen LogP contribution in [0.2, 0.25) is 0 Å². The number of rotatable bonds is 2. The molecule has 1 saturated heterocycles. The predicted molar refractivity (Wildman–Crippen MR) is 58.0 cm³/mol. The Bertz CT molecular complexity index is 220. The van der Waals surface area contributed by atoms with Gasteiger partial charge in [0.1, 0.15) is 0 Å². The van der Waals surface area contributed by atoms with Gasteiger partial charge in [-0.25, -0.2) is 0 Å². The summed E-state index contributed by atoms with van der Waals surface area (Å²) in [4.78, 5) is 0. The first-order chi connectivity index (χ1) is 6.33. The molecule has 0 bridgehead atoms. The van der Waals surface area contributed by atoms with Gasteiger partial charge in [0, 0.05) is 11.8 Å². The second-order valence-electron chi connectivity index (χ2n) is 4.91. The Morgan fingerprint density at radius 1 is 1.50 bits per heavy atom. The van der Waals surface area contributed by atoms with Gasteiger partial charge in [0.05, 0.1) is 12.7 Å². The highest BCUT2D eigenvalue weighted by atomic mass is 16.7. The predicted octanol–water partition coefficient (Wildman–Crippen LogP) is 2.99. The van der Waals surface area contributed by atoms with E-state index in [1.807, 2.05) is 13.8 Å². The molecule has 1 aliphatic rings. The molecule has 3 atom stereocenters. The minimum absolute atomic E-state index is 0.233. The van der Waals surface area contributed by atoms with Gasteiger partial charge in [-0.2, -0.15) is 0 Å². The summed E-state index contributed by atoms with van der Waals surface area (Å²) >= 11 is 0. The molecular weight excluding hydrogens is 176 g/mol. The van der Waals surface area contributed by atoms with E-state index < -0.39 is 5.79 Å². The number of hydrogen-bond donors (Lipinski definition) is 0. The second kappa shape index (κ2) is 4.03. The lowest BCUT2D eigenvalue weighted by Gasteiger charge is -2.42. The molecule has 0 unspecified atom stereocenters. The van der Waals surface area contributed by atoms with Crippen LogP contribution in [0.3, 0.4) is 0 Å². The molecule has 1 fully saturated rings. The maximum absolute atomic E-state index is 5.93. The molecule has 0 aliphatic carbocycles. The van der Waals surface area contributed by atoms with Gasteiger partial charge in [0.15, 0.2) is 5.79 Å². The van der Waals surface area contributed by atoms with E-state index in [4.69, 9.17) is 9.47 Å². The molecule has 0 saturated carbocycles. The van der Waals surface area contributed by atoms with Crippen molar-refractivity contribution in [1.82, 2.24) is 0 Å². The Labute approximate surface area is 87.3 Å². The molecule has 0 aromatic rings. The molecule has 2 nitrogen and oxygen atoms in total. The van der Waals surface area contributed by atoms with Crippen molar-refractivity contribution in [2.75, 3.05) is 6.61 Å². The molecule has 2 heteroatoms. The first-order valence-corrected chi connectivity index (χ1v) is 5.30. The quantitative estimate of drug-likeness (QED) is 0.635. The van der Waals surface area contributed by atoms with Gasteiger partial charge < -0.3 is 9.47 Å². The topological polar surface area (TPSA) is 18.5 Å². The molecule has 1 heterocycles. The second-order valence-corrected chi connectivity index (χ2v) is 4.91. The molecule has 0 N–H and O–H groups in total. The third kappa shape index (κ3) is 2.58. The summed E-state index contributed by atoms with van der Waals surface area (Å²) in [5.41, 5.74) is 1.18. The zero-order valence-corrected chi connectivity index (χ0v) is 9.96. The minimum atomic E-state index is -0.444. The molecule has 0 radical (unpaired) electrons. The third-order valence-electron chi connectivity index (χ3n) is 2.94. The summed E-state index contributed by atoms with van der Waals surface area (Å²) < 4.78 is 11.5. The summed E-state index contributed by atoms with van der Waals surface area (Å²) in [5, 5.41) is 0. The van der Waals surface area contributed by atoms with Crippen molar-refractivity contribution in [2.24, 2.45) is 11.8 Å². The molecule has 14 heavy (non-hydrogen) atoms. The van der Waals surface area contributed by atoms with Crippen LogP contribution in [0.4, 0.5) is 0 Å². The normalized spacial score (nSPS) is 33.8. The fraction of sp³-hybridized carbons (Fsp3) is 0.833. The van der Waals surface area contributed by atoms with E-state index in [1.54, 1.807) is 0 Å². The molecule has 1 aliphatic heterocycles. The zero-order chi connectivity index (χ0) is 10.9. The Morgan fingerprint density at radius 3 is 2.57 bits per heavy atom. The van der Waals surface area contributed by atoms with E-state index in [1.165, 1.54) is 5.57 Å². The highest BCUT2D eigenvalue weighted by Gasteiger charge is 2.37. The van der Waals surface area contributed by atoms with Gasteiger partial charge in [-0.3, -0.25) is 0 Å². The number of ether oxygens (including phenoxy) is 2. The lowest BCUT2D eigenvalue weighted by Crippen LogP contribution is -2.47. The van der Waals surface area contributed by atoms with Crippen molar-refractivity contribution in [3.63, 3.8) is 0 Å². The fourth-order valence-electron chi connectivity index (χ4n) is 1.78. The van der Waals surface area contributed by atoms with Crippen LogP contribution in [-0.4, -0.2) is 18.5 Å². The SMILES string of the molecule is C=C(C)[C@H](C)[C@H]1OC(C)(C)OC[C@H]1C. The molecule has 1 rings (SSSR count). The smallest absolute Gasteiger partial charge is 0.163 e.